The molecule has 4 nitrogen and oxygen atoms in total. The summed E-state index contributed by atoms with van der Waals surface area (Å²) < 4.78 is 16.0. The fraction of sp³-hybridized carbons (Fsp3) is 0.235. The maximum absolute atomic E-state index is 12.1. The molecule has 0 saturated heterocycles. The molecule has 0 amide bonds. The Morgan fingerprint density at radius 1 is 1.05 bits per heavy atom. The molecule has 21 heavy (non-hydrogen) atoms. The van der Waals surface area contributed by atoms with E-state index in [0.717, 1.165) is 5.56 Å². The molecule has 0 aromatic heterocycles. The first kappa shape index (κ1) is 13.5. The summed E-state index contributed by atoms with van der Waals surface area (Å²) in [5, 5.41) is 0. The number of hydrogen-bond acceptors (Lipinski definition) is 4. The van der Waals surface area contributed by atoms with Crippen molar-refractivity contribution in [2.45, 2.75) is 13.8 Å². The molecule has 1 heterocycles. The lowest BCUT2D eigenvalue weighted by Gasteiger charge is -2.08. The second-order valence-electron chi connectivity index (χ2n) is 5.03. The van der Waals surface area contributed by atoms with Gasteiger partial charge in [0.2, 0.25) is 6.79 Å². The monoisotopic (exact) mass is 284 g/mol. The van der Waals surface area contributed by atoms with Crippen molar-refractivity contribution < 1.29 is 19.0 Å². The lowest BCUT2D eigenvalue weighted by Crippen LogP contribution is -2.11. The molecular formula is C17H16O4. The van der Waals surface area contributed by atoms with E-state index in [-0.39, 0.29) is 19.2 Å². The number of benzene rings is 2. The summed E-state index contributed by atoms with van der Waals surface area (Å²) in [5.74, 6) is 1.88. The first-order valence-corrected chi connectivity index (χ1v) is 6.76. The van der Waals surface area contributed by atoms with E-state index in [2.05, 4.69) is 0 Å². The third-order valence-electron chi connectivity index (χ3n) is 3.54. The van der Waals surface area contributed by atoms with Crippen LogP contribution in [0.3, 0.4) is 0 Å². The molecule has 2 aromatic rings. The normalized spacial score (nSPS) is 12.3. The Morgan fingerprint density at radius 3 is 2.67 bits per heavy atom. The van der Waals surface area contributed by atoms with E-state index in [9.17, 15) is 4.79 Å². The SMILES string of the molecule is Cc1ccc(OCC(=O)c2ccc3c(c2)OCO3)cc1C. The number of ketones is 1. The third kappa shape index (κ3) is 2.84. The highest BCUT2D eigenvalue weighted by molar-refractivity contribution is 5.97. The lowest BCUT2D eigenvalue weighted by molar-refractivity contribution is 0.0921. The van der Waals surface area contributed by atoms with Gasteiger partial charge in [-0.05, 0) is 55.3 Å². The van der Waals surface area contributed by atoms with Crippen LogP contribution in [0.5, 0.6) is 17.2 Å². The Kier molecular flexibility index (Phi) is 3.52. The molecule has 0 atom stereocenters. The molecule has 0 N–H and O–H groups in total. The summed E-state index contributed by atoms with van der Waals surface area (Å²) in [4.78, 5) is 12.1. The van der Waals surface area contributed by atoms with E-state index in [1.165, 1.54) is 5.56 Å². The maximum Gasteiger partial charge on any atom is 0.231 e. The van der Waals surface area contributed by atoms with Gasteiger partial charge in [0.15, 0.2) is 23.9 Å². The van der Waals surface area contributed by atoms with E-state index in [1.807, 2.05) is 32.0 Å². The zero-order chi connectivity index (χ0) is 14.8. The largest absolute Gasteiger partial charge is 0.485 e. The van der Waals surface area contributed by atoms with Crippen molar-refractivity contribution in [2.24, 2.45) is 0 Å². The number of Topliss-reactive ketones (excluding diaryl/α,β-unsaturated/α-hetero) is 1. The van der Waals surface area contributed by atoms with Crippen LogP contribution in [0.15, 0.2) is 36.4 Å². The highest BCUT2D eigenvalue weighted by Crippen LogP contribution is 2.32. The van der Waals surface area contributed by atoms with E-state index >= 15 is 0 Å². The topological polar surface area (TPSA) is 44.8 Å². The lowest BCUT2D eigenvalue weighted by atomic mass is 10.1. The number of aryl methyl sites for hydroxylation is 2. The van der Waals surface area contributed by atoms with Crippen molar-refractivity contribution in [1.82, 2.24) is 0 Å². The molecule has 0 spiro atoms. The van der Waals surface area contributed by atoms with Crippen molar-refractivity contribution >= 4 is 5.78 Å². The van der Waals surface area contributed by atoms with E-state index in [1.54, 1.807) is 18.2 Å². The smallest absolute Gasteiger partial charge is 0.231 e. The van der Waals surface area contributed by atoms with E-state index in [0.29, 0.717) is 22.8 Å². The van der Waals surface area contributed by atoms with Crippen LogP contribution in [0.4, 0.5) is 0 Å². The molecule has 3 rings (SSSR count). The van der Waals surface area contributed by atoms with Gasteiger partial charge < -0.3 is 14.2 Å². The van der Waals surface area contributed by atoms with Gasteiger partial charge in [-0.3, -0.25) is 4.79 Å². The van der Waals surface area contributed by atoms with Crippen LogP contribution < -0.4 is 14.2 Å². The van der Waals surface area contributed by atoms with Crippen LogP contribution in [0.2, 0.25) is 0 Å². The maximum atomic E-state index is 12.1. The van der Waals surface area contributed by atoms with Crippen LogP contribution in [0.1, 0.15) is 21.5 Å². The molecule has 0 radical (unpaired) electrons. The second kappa shape index (κ2) is 5.48. The zero-order valence-corrected chi connectivity index (χ0v) is 12.0. The van der Waals surface area contributed by atoms with Gasteiger partial charge in [-0.25, -0.2) is 0 Å². The van der Waals surface area contributed by atoms with Crippen molar-refractivity contribution in [3.63, 3.8) is 0 Å². The van der Waals surface area contributed by atoms with Gasteiger partial charge in [0.05, 0.1) is 0 Å². The average molecular weight is 284 g/mol. The van der Waals surface area contributed by atoms with Gasteiger partial charge in [-0.1, -0.05) is 6.07 Å². The molecule has 2 aromatic carbocycles. The summed E-state index contributed by atoms with van der Waals surface area (Å²) >= 11 is 0. The minimum atomic E-state index is -0.0912. The van der Waals surface area contributed by atoms with Crippen LogP contribution in [-0.2, 0) is 0 Å². The van der Waals surface area contributed by atoms with Gasteiger partial charge in [0, 0.05) is 5.56 Å². The van der Waals surface area contributed by atoms with Gasteiger partial charge in [0.1, 0.15) is 5.75 Å². The number of fused-ring (bicyclic) bond motifs is 1. The highest BCUT2D eigenvalue weighted by atomic mass is 16.7. The van der Waals surface area contributed by atoms with Crippen LogP contribution >= 0.6 is 0 Å². The van der Waals surface area contributed by atoms with Crippen molar-refractivity contribution in [1.29, 1.82) is 0 Å². The highest BCUT2D eigenvalue weighted by Gasteiger charge is 2.16. The Labute approximate surface area is 123 Å². The number of rotatable bonds is 4. The van der Waals surface area contributed by atoms with Gasteiger partial charge in [-0.2, -0.15) is 0 Å². The van der Waals surface area contributed by atoms with Crippen LogP contribution in [0, 0.1) is 13.8 Å². The molecule has 0 fully saturated rings. The Balaban J connectivity index is 1.67. The molecule has 1 aliphatic rings. The average Bonchev–Trinajstić information content (AvgIpc) is 2.95. The Bertz CT molecular complexity index is 691. The van der Waals surface area contributed by atoms with Crippen molar-refractivity contribution in [2.75, 3.05) is 13.4 Å². The number of ether oxygens (including phenoxy) is 3. The molecule has 0 aliphatic carbocycles. The molecular weight excluding hydrogens is 268 g/mol. The number of hydrogen-bond donors (Lipinski definition) is 0. The minimum absolute atomic E-state index is 0.00213. The molecule has 0 bridgehead atoms. The Hall–Kier alpha value is -2.49. The van der Waals surface area contributed by atoms with Crippen LogP contribution in [-0.4, -0.2) is 19.2 Å². The molecule has 1 aliphatic heterocycles. The molecule has 4 heteroatoms. The standard InChI is InChI=1S/C17H16O4/c1-11-3-5-14(7-12(11)2)19-9-15(18)13-4-6-16-17(8-13)21-10-20-16/h3-8H,9-10H2,1-2H3. The fourth-order valence-corrected chi connectivity index (χ4v) is 2.11. The van der Waals surface area contributed by atoms with E-state index < -0.39 is 0 Å². The summed E-state index contributed by atoms with van der Waals surface area (Å²) in [6.45, 7) is 4.26. The van der Waals surface area contributed by atoms with Gasteiger partial charge >= 0.3 is 0 Å². The predicted octanol–water partition coefficient (Wildman–Crippen LogP) is 3.29. The van der Waals surface area contributed by atoms with E-state index in [4.69, 9.17) is 14.2 Å². The number of carbonyl (C=O) groups is 1. The first-order chi connectivity index (χ1) is 10.1. The minimum Gasteiger partial charge on any atom is -0.485 e. The molecule has 0 saturated carbocycles. The first-order valence-electron chi connectivity index (χ1n) is 6.76. The summed E-state index contributed by atoms with van der Waals surface area (Å²) in [6.07, 6.45) is 0. The van der Waals surface area contributed by atoms with Crippen molar-refractivity contribution in [3.8, 4) is 17.2 Å². The fourth-order valence-electron chi connectivity index (χ4n) is 2.11. The second-order valence-corrected chi connectivity index (χ2v) is 5.03. The zero-order valence-electron chi connectivity index (χ0n) is 12.0. The summed E-state index contributed by atoms with van der Waals surface area (Å²) in [6, 6.07) is 10.9. The van der Waals surface area contributed by atoms with Crippen LogP contribution in [0.25, 0.3) is 0 Å². The van der Waals surface area contributed by atoms with Gasteiger partial charge in [0.25, 0.3) is 0 Å². The molecule has 0 unspecified atom stereocenters. The Morgan fingerprint density at radius 2 is 1.86 bits per heavy atom. The van der Waals surface area contributed by atoms with Crippen molar-refractivity contribution in [3.05, 3.63) is 53.1 Å². The number of carbonyl (C=O) groups excluding carboxylic acids is 1. The van der Waals surface area contributed by atoms with Gasteiger partial charge in [-0.15, -0.1) is 0 Å². The quantitative estimate of drug-likeness (QED) is 0.808. The predicted molar refractivity (Wildman–Crippen MR) is 78.3 cm³/mol. The molecule has 108 valence electrons. The third-order valence-corrected chi connectivity index (χ3v) is 3.54. The summed E-state index contributed by atoms with van der Waals surface area (Å²) in [7, 11) is 0. The summed E-state index contributed by atoms with van der Waals surface area (Å²) in [5.41, 5.74) is 2.90.